The predicted molar refractivity (Wildman–Crippen MR) is 298 cm³/mol. The molecule has 4 aliphatic carbocycles. The van der Waals surface area contributed by atoms with Crippen molar-refractivity contribution in [1.29, 1.82) is 0 Å². The molecule has 0 N–H and O–H groups in total. The Labute approximate surface area is 413 Å². The third-order valence-corrected chi connectivity index (χ3v) is 17.4. The Morgan fingerprint density at radius 1 is 0.282 bits per heavy atom. The van der Waals surface area contributed by atoms with E-state index in [9.17, 15) is 0 Å². The van der Waals surface area contributed by atoms with Crippen LogP contribution in [0.4, 0.5) is 17.1 Å². The second-order valence-corrected chi connectivity index (χ2v) is 20.6. The van der Waals surface area contributed by atoms with Gasteiger partial charge in [-0.2, -0.15) is 0 Å². The zero-order valence-corrected chi connectivity index (χ0v) is 39.3. The third-order valence-electron chi connectivity index (χ3n) is 17.4. The van der Waals surface area contributed by atoms with Gasteiger partial charge in [-0.1, -0.05) is 207 Å². The number of benzene rings is 12. The van der Waals surface area contributed by atoms with Crippen molar-refractivity contribution in [3.05, 3.63) is 270 Å². The normalized spacial score (nSPS) is 15.0. The van der Waals surface area contributed by atoms with E-state index in [2.05, 4.69) is 241 Å². The molecule has 2 spiro atoms. The second-order valence-electron chi connectivity index (χ2n) is 20.6. The van der Waals surface area contributed by atoms with Gasteiger partial charge in [0.05, 0.1) is 11.1 Å². The van der Waals surface area contributed by atoms with Crippen molar-refractivity contribution in [3.63, 3.8) is 0 Å². The van der Waals surface area contributed by atoms with Crippen molar-refractivity contribution in [2.45, 2.75) is 36.5 Å². The summed E-state index contributed by atoms with van der Waals surface area (Å²) in [5.74, 6) is 0. The number of anilines is 3. The fourth-order valence-corrected chi connectivity index (χ4v) is 14.5. The lowest BCUT2D eigenvalue weighted by atomic mass is 9.70. The largest absolute Gasteiger partial charge is 0.310 e. The summed E-state index contributed by atoms with van der Waals surface area (Å²) in [6.45, 7) is 0. The van der Waals surface area contributed by atoms with E-state index in [0.717, 1.165) is 11.4 Å². The summed E-state index contributed by atoms with van der Waals surface area (Å²) < 4.78 is 0. The molecule has 12 aromatic carbocycles. The van der Waals surface area contributed by atoms with Crippen LogP contribution in [0.3, 0.4) is 0 Å². The molecular formula is C70H47N. The molecule has 0 amide bonds. The van der Waals surface area contributed by atoms with Gasteiger partial charge in [-0.05, 0) is 171 Å². The van der Waals surface area contributed by atoms with E-state index < -0.39 is 5.41 Å². The van der Waals surface area contributed by atoms with Crippen LogP contribution in [-0.2, 0) is 10.8 Å². The fraction of sp³-hybridized carbons (Fsp3) is 0.0857. The van der Waals surface area contributed by atoms with Gasteiger partial charge in [0.25, 0.3) is 0 Å². The van der Waals surface area contributed by atoms with Crippen LogP contribution in [-0.4, -0.2) is 0 Å². The van der Waals surface area contributed by atoms with Crippen LogP contribution in [0.25, 0.3) is 87.6 Å². The van der Waals surface area contributed by atoms with Crippen LogP contribution < -0.4 is 4.90 Å². The van der Waals surface area contributed by atoms with E-state index in [0.29, 0.717) is 0 Å². The first kappa shape index (κ1) is 39.3. The highest BCUT2D eigenvalue weighted by molar-refractivity contribution is 6.26. The minimum absolute atomic E-state index is 0.0729. The van der Waals surface area contributed by atoms with Crippen LogP contribution in [0, 0.1) is 0 Å². The van der Waals surface area contributed by atoms with Gasteiger partial charge in [-0.25, -0.2) is 0 Å². The first-order valence-electron chi connectivity index (χ1n) is 25.5. The number of rotatable bonds is 4. The van der Waals surface area contributed by atoms with Crippen molar-refractivity contribution in [3.8, 4) is 44.5 Å². The molecule has 16 rings (SSSR count). The summed E-state index contributed by atoms with van der Waals surface area (Å²) in [7, 11) is 0. The predicted octanol–water partition coefficient (Wildman–Crippen LogP) is 18.6. The van der Waals surface area contributed by atoms with Crippen LogP contribution in [0.1, 0.15) is 59.1 Å². The molecule has 1 saturated carbocycles. The van der Waals surface area contributed by atoms with Crippen molar-refractivity contribution in [2.24, 2.45) is 0 Å². The molecule has 1 nitrogen and oxygen atoms in total. The average molecular weight is 902 g/mol. The quantitative estimate of drug-likeness (QED) is 0.159. The van der Waals surface area contributed by atoms with E-state index in [1.54, 1.807) is 0 Å². The Morgan fingerprint density at radius 3 is 1.39 bits per heavy atom. The SMILES string of the molecule is c1ccc2c(c1)-c1cc(N(c3ccc4c5ccccc5c5ccccc5c4c3)c3cc4c(cc3-c3ccc5ccccc5c3)-c3ccccc3C43c4ccccc4-c4ccccc43)ccc1C21CCCC1. The molecule has 71 heavy (non-hydrogen) atoms. The van der Waals surface area contributed by atoms with E-state index in [-0.39, 0.29) is 5.41 Å². The molecule has 0 atom stereocenters. The van der Waals surface area contributed by atoms with E-state index in [4.69, 9.17) is 0 Å². The van der Waals surface area contributed by atoms with Gasteiger partial charge in [-0.15, -0.1) is 0 Å². The van der Waals surface area contributed by atoms with E-state index in [1.165, 1.54) is 152 Å². The Morgan fingerprint density at radius 2 is 0.746 bits per heavy atom. The standard InChI is InChI=1S/C70H47N/c1-2-18-45-39-46(32-31-44(45)17-1)58-42-61-57-26-10-14-30-66(57)70(64-28-12-8-23-54(64)55-24-9-13-29-65(55)70)67(61)43-68(58)71(48-34-36-63-60(41-48)56-25-7-11-27-62(56)69(63)37-15-16-38-69)47-33-35-53-51-21-4-3-19-49(51)50-20-5-6-22-52(50)59(53)40-47/h1-14,17-36,39-43H,15-16,37-38H2. The zero-order chi connectivity index (χ0) is 46.4. The van der Waals surface area contributed by atoms with E-state index in [1.807, 2.05) is 0 Å². The summed E-state index contributed by atoms with van der Waals surface area (Å²) in [6, 6.07) is 90.7. The molecule has 0 aromatic heterocycles. The van der Waals surface area contributed by atoms with Gasteiger partial charge in [0.1, 0.15) is 0 Å². The third kappa shape index (κ3) is 5.20. The number of hydrogen-bond acceptors (Lipinski definition) is 1. The highest BCUT2D eigenvalue weighted by Crippen LogP contribution is 2.65. The van der Waals surface area contributed by atoms with Crippen molar-refractivity contribution < 1.29 is 0 Å². The maximum atomic E-state index is 2.63. The molecular weight excluding hydrogens is 855 g/mol. The molecule has 0 heterocycles. The summed E-state index contributed by atoms with van der Waals surface area (Å²) in [6.07, 6.45) is 4.94. The Bertz CT molecular complexity index is 4180. The van der Waals surface area contributed by atoms with Gasteiger partial charge in [0.2, 0.25) is 0 Å². The molecule has 0 aliphatic heterocycles. The minimum Gasteiger partial charge on any atom is -0.310 e. The fourth-order valence-electron chi connectivity index (χ4n) is 14.5. The molecule has 0 saturated heterocycles. The molecule has 0 unspecified atom stereocenters. The molecule has 0 radical (unpaired) electrons. The van der Waals surface area contributed by atoms with Gasteiger partial charge in [0, 0.05) is 22.4 Å². The highest BCUT2D eigenvalue weighted by Gasteiger charge is 2.52. The minimum atomic E-state index is -0.508. The number of hydrogen-bond donors (Lipinski definition) is 0. The molecule has 0 bridgehead atoms. The lowest BCUT2D eigenvalue weighted by molar-refractivity contribution is 0.550. The topological polar surface area (TPSA) is 3.24 Å². The van der Waals surface area contributed by atoms with Gasteiger partial charge >= 0.3 is 0 Å². The van der Waals surface area contributed by atoms with Crippen LogP contribution in [0.15, 0.2) is 237 Å². The Kier molecular flexibility index (Phi) is 8.04. The molecule has 1 fully saturated rings. The van der Waals surface area contributed by atoms with Crippen molar-refractivity contribution >= 4 is 60.2 Å². The lowest BCUT2D eigenvalue weighted by Crippen LogP contribution is -2.26. The maximum absolute atomic E-state index is 2.63. The Hall–Kier alpha value is -8.52. The van der Waals surface area contributed by atoms with Gasteiger partial charge in [0.15, 0.2) is 0 Å². The summed E-state index contributed by atoms with van der Waals surface area (Å²) in [5, 5.41) is 10.1. The number of fused-ring (bicyclic) bond motifs is 22. The number of nitrogens with zero attached hydrogens (tertiary/aromatic N) is 1. The summed E-state index contributed by atoms with van der Waals surface area (Å²) in [4.78, 5) is 2.63. The maximum Gasteiger partial charge on any atom is 0.0726 e. The van der Waals surface area contributed by atoms with Gasteiger partial charge < -0.3 is 4.90 Å². The van der Waals surface area contributed by atoms with Crippen molar-refractivity contribution in [1.82, 2.24) is 0 Å². The summed E-state index contributed by atoms with van der Waals surface area (Å²) in [5.41, 5.74) is 21.8. The molecule has 12 aromatic rings. The molecule has 4 aliphatic rings. The lowest BCUT2D eigenvalue weighted by Gasteiger charge is -2.34. The van der Waals surface area contributed by atoms with Crippen LogP contribution in [0.5, 0.6) is 0 Å². The van der Waals surface area contributed by atoms with E-state index >= 15 is 0 Å². The Balaban J connectivity index is 1.05. The van der Waals surface area contributed by atoms with Crippen molar-refractivity contribution in [2.75, 3.05) is 4.90 Å². The van der Waals surface area contributed by atoms with Crippen LogP contribution >= 0.6 is 0 Å². The average Bonchev–Trinajstić information content (AvgIpc) is 4.19. The molecule has 332 valence electrons. The zero-order valence-electron chi connectivity index (χ0n) is 39.3. The summed E-state index contributed by atoms with van der Waals surface area (Å²) >= 11 is 0. The highest BCUT2D eigenvalue weighted by atomic mass is 15.1. The smallest absolute Gasteiger partial charge is 0.0726 e. The molecule has 1 heteroatoms. The second kappa shape index (κ2) is 14.5. The first-order valence-corrected chi connectivity index (χ1v) is 25.5. The first-order chi connectivity index (χ1) is 35.2. The van der Waals surface area contributed by atoms with Gasteiger partial charge in [-0.3, -0.25) is 0 Å². The monoisotopic (exact) mass is 901 g/mol. The van der Waals surface area contributed by atoms with Crippen LogP contribution in [0.2, 0.25) is 0 Å².